The van der Waals surface area contributed by atoms with E-state index in [2.05, 4.69) is 9.97 Å². The Labute approximate surface area is 116 Å². The third kappa shape index (κ3) is 3.22. The summed E-state index contributed by atoms with van der Waals surface area (Å²) in [5.41, 5.74) is 6.83. The van der Waals surface area contributed by atoms with E-state index in [9.17, 15) is 0 Å². The molecule has 2 N–H and O–H groups in total. The van der Waals surface area contributed by atoms with E-state index in [1.807, 2.05) is 31.2 Å². The highest BCUT2D eigenvalue weighted by atomic mass is 35.5. The fourth-order valence-corrected chi connectivity index (χ4v) is 2.42. The van der Waals surface area contributed by atoms with Crippen molar-refractivity contribution in [2.75, 3.05) is 0 Å². The molecule has 0 aliphatic heterocycles. The standard InChI is InChI=1S/C13H14ClN3S/c1-2-11(15)12-6-5-9(8-17-12)18-13-10(14)4-3-7-16-13/h3-8,11H,2,15H2,1H3. The van der Waals surface area contributed by atoms with Crippen molar-refractivity contribution in [2.45, 2.75) is 29.3 Å². The minimum absolute atomic E-state index is 0.00230. The first-order chi connectivity index (χ1) is 8.70. The molecule has 0 aromatic carbocycles. The van der Waals surface area contributed by atoms with Gasteiger partial charge in [0, 0.05) is 23.3 Å². The predicted octanol–water partition coefficient (Wildman–Crippen LogP) is 3.69. The molecule has 2 aromatic heterocycles. The summed E-state index contributed by atoms with van der Waals surface area (Å²) in [6.07, 6.45) is 4.41. The maximum Gasteiger partial charge on any atom is 0.119 e. The van der Waals surface area contributed by atoms with Crippen LogP contribution in [0.25, 0.3) is 0 Å². The van der Waals surface area contributed by atoms with E-state index in [-0.39, 0.29) is 6.04 Å². The van der Waals surface area contributed by atoms with Crippen molar-refractivity contribution < 1.29 is 0 Å². The fourth-order valence-electron chi connectivity index (χ4n) is 1.44. The van der Waals surface area contributed by atoms with Crippen molar-refractivity contribution in [3.63, 3.8) is 0 Å². The van der Waals surface area contributed by atoms with E-state index in [0.717, 1.165) is 22.0 Å². The fraction of sp³-hybridized carbons (Fsp3) is 0.231. The van der Waals surface area contributed by atoms with Gasteiger partial charge in [0.15, 0.2) is 0 Å². The van der Waals surface area contributed by atoms with Gasteiger partial charge >= 0.3 is 0 Å². The van der Waals surface area contributed by atoms with Crippen LogP contribution in [0, 0.1) is 0 Å². The highest BCUT2D eigenvalue weighted by molar-refractivity contribution is 7.99. The number of halogens is 1. The van der Waals surface area contributed by atoms with E-state index in [0.29, 0.717) is 5.02 Å². The Kier molecular flexibility index (Phi) is 4.58. The SMILES string of the molecule is CCC(N)c1ccc(Sc2ncccc2Cl)cn1. The molecule has 94 valence electrons. The minimum atomic E-state index is 0.00230. The van der Waals surface area contributed by atoms with E-state index < -0.39 is 0 Å². The number of hydrogen-bond acceptors (Lipinski definition) is 4. The number of rotatable bonds is 4. The minimum Gasteiger partial charge on any atom is -0.323 e. The average molecular weight is 280 g/mol. The molecular formula is C13H14ClN3S. The van der Waals surface area contributed by atoms with Crippen molar-refractivity contribution in [2.24, 2.45) is 5.73 Å². The zero-order valence-electron chi connectivity index (χ0n) is 10.0. The van der Waals surface area contributed by atoms with Crippen molar-refractivity contribution in [3.05, 3.63) is 47.4 Å². The van der Waals surface area contributed by atoms with Crippen molar-refractivity contribution in [1.29, 1.82) is 0 Å². The molecule has 0 radical (unpaired) electrons. The lowest BCUT2D eigenvalue weighted by molar-refractivity contribution is 0.674. The van der Waals surface area contributed by atoms with E-state index in [1.54, 1.807) is 12.4 Å². The van der Waals surface area contributed by atoms with Gasteiger partial charge in [0.1, 0.15) is 5.03 Å². The summed E-state index contributed by atoms with van der Waals surface area (Å²) < 4.78 is 0. The first-order valence-electron chi connectivity index (χ1n) is 5.70. The van der Waals surface area contributed by atoms with Crippen molar-refractivity contribution in [1.82, 2.24) is 9.97 Å². The molecule has 0 aliphatic carbocycles. The van der Waals surface area contributed by atoms with Gasteiger partial charge in [0.05, 0.1) is 10.7 Å². The third-order valence-corrected chi connectivity index (χ3v) is 3.93. The first kappa shape index (κ1) is 13.3. The first-order valence-corrected chi connectivity index (χ1v) is 6.90. The van der Waals surface area contributed by atoms with Crippen LogP contribution < -0.4 is 5.73 Å². The topological polar surface area (TPSA) is 51.8 Å². The summed E-state index contributed by atoms with van der Waals surface area (Å²) in [5.74, 6) is 0. The van der Waals surface area contributed by atoms with Crippen LogP contribution >= 0.6 is 23.4 Å². The van der Waals surface area contributed by atoms with Crippen LogP contribution in [-0.4, -0.2) is 9.97 Å². The predicted molar refractivity (Wildman–Crippen MR) is 74.8 cm³/mol. The van der Waals surface area contributed by atoms with Crippen LogP contribution in [0.15, 0.2) is 46.6 Å². The quantitative estimate of drug-likeness (QED) is 0.927. The molecule has 2 rings (SSSR count). The van der Waals surface area contributed by atoms with Gasteiger partial charge in [-0.05, 0) is 30.7 Å². The Morgan fingerprint density at radius 1 is 1.33 bits per heavy atom. The Hall–Kier alpha value is -1.10. The summed E-state index contributed by atoms with van der Waals surface area (Å²) in [6.45, 7) is 2.04. The van der Waals surface area contributed by atoms with Gasteiger partial charge in [-0.1, -0.05) is 30.3 Å². The molecule has 0 bridgehead atoms. The zero-order chi connectivity index (χ0) is 13.0. The lowest BCUT2D eigenvalue weighted by Crippen LogP contribution is -2.10. The highest BCUT2D eigenvalue weighted by Gasteiger charge is 2.07. The molecule has 18 heavy (non-hydrogen) atoms. The second-order valence-corrected chi connectivity index (χ2v) is 5.30. The number of nitrogens with zero attached hydrogens (tertiary/aromatic N) is 2. The second kappa shape index (κ2) is 6.18. The Bertz CT molecular complexity index is 516. The number of nitrogens with two attached hydrogens (primary N) is 1. The summed E-state index contributed by atoms with van der Waals surface area (Å²) in [4.78, 5) is 9.59. The lowest BCUT2D eigenvalue weighted by atomic mass is 10.1. The van der Waals surface area contributed by atoms with Gasteiger partial charge in [0.2, 0.25) is 0 Å². The lowest BCUT2D eigenvalue weighted by Gasteiger charge is -2.08. The number of pyridine rings is 2. The smallest absolute Gasteiger partial charge is 0.119 e. The Morgan fingerprint density at radius 3 is 2.78 bits per heavy atom. The van der Waals surface area contributed by atoms with Gasteiger partial charge in [-0.15, -0.1) is 0 Å². The number of hydrogen-bond donors (Lipinski definition) is 1. The molecule has 0 saturated heterocycles. The van der Waals surface area contributed by atoms with Gasteiger partial charge < -0.3 is 5.73 Å². The average Bonchev–Trinajstić information content (AvgIpc) is 2.41. The van der Waals surface area contributed by atoms with Crippen LogP contribution in [0.4, 0.5) is 0 Å². The zero-order valence-corrected chi connectivity index (χ0v) is 11.6. The van der Waals surface area contributed by atoms with E-state index in [1.165, 1.54) is 11.8 Å². The molecule has 1 unspecified atom stereocenters. The monoisotopic (exact) mass is 279 g/mol. The van der Waals surface area contributed by atoms with Gasteiger partial charge in [-0.2, -0.15) is 0 Å². The molecule has 0 saturated carbocycles. The second-order valence-electron chi connectivity index (χ2n) is 3.83. The highest BCUT2D eigenvalue weighted by Crippen LogP contribution is 2.30. The molecule has 0 aliphatic rings. The van der Waals surface area contributed by atoms with E-state index in [4.69, 9.17) is 17.3 Å². The van der Waals surface area contributed by atoms with Crippen LogP contribution in [0.5, 0.6) is 0 Å². The van der Waals surface area contributed by atoms with E-state index >= 15 is 0 Å². The molecule has 2 aromatic rings. The van der Waals surface area contributed by atoms with Gasteiger partial charge in [0.25, 0.3) is 0 Å². The van der Waals surface area contributed by atoms with Crippen molar-refractivity contribution >= 4 is 23.4 Å². The normalized spacial score (nSPS) is 12.4. The van der Waals surface area contributed by atoms with Crippen molar-refractivity contribution in [3.8, 4) is 0 Å². The molecule has 0 fully saturated rings. The maximum atomic E-state index is 6.05. The molecular weight excluding hydrogens is 266 g/mol. The Morgan fingerprint density at radius 2 is 2.17 bits per heavy atom. The molecule has 2 heterocycles. The van der Waals surface area contributed by atoms with Crippen LogP contribution in [-0.2, 0) is 0 Å². The van der Waals surface area contributed by atoms with Crippen LogP contribution in [0.2, 0.25) is 5.02 Å². The summed E-state index contributed by atoms with van der Waals surface area (Å²) in [5, 5.41) is 1.44. The Balaban J connectivity index is 2.14. The van der Waals surface area contributed by atoms with Gasteiger partial charge in [-0.25, -0.2) is 4.98 Å². The molecule has 1 atom stereocenters. The number of aromatic nitrogens is 2. The maximum absolute atomic E-state index is 6.05. The van der Waals surface area contributed by atoms with Crippen LogP contribution in [0.3, 0.4) is 0 Å². The summed E-state index contributed by atoms with van der Waals surface area (Å²) in [7, 11) is 0. The molecule has 0 amide bonds. The van der Waals surface area contributed by atoms with Crippen LogP contribution in [0.1, 0.15) is 25.1 Å². The molecule has 3 nitrogen and oxygen atoms in total. The summed E-state index contributed by atoms with van der Waals surface area (Å²) >= 11 is 7.55. The largest absolute Gasteiger partial charge is 0.323 e. The molecule has 0 spiro atoms. The van der Waals surface area contributed by atoms with Gasteiger partial charge in [-0.3, -0.25) is 4.98 Å². The molecule has 5 heteroatoms. The third-order valence-electron chi connectivity index (χ3n) is 2.52. The summed E-state index contributed by atoms with van der Waals surface area (Å²) in [6, 6.07) is 7.59.